The summed E-state index contributed by atoms with van der Waals surface area (Å²) in [5.74, 6) is -0.844. The Bertz CT molecular complexity index is 1070. The molecule has 2 aliphatic rings. The first-order valence-electron chi connectivity index (χ1n) is 12.3. The van der Waals surface area contributed by atoms with E-state index in [0.29, 0.717) is 19.5 Å². The normalized spacial score (nSPS) is 19.8. The summed E-state index contributed by atoms with van der Waals surface area (Å²) in [7, 11) is 0. The summed E-state index contributed by atoms with van der Waals surface area (Å²) < 4.78 is 5.62. The summed E-state index contributed by atoms with van der Waals surface area (Å²) in [4.78, 5) is 38.5. The Morgan fingerprint density at radius 2 is 1.69 bits per heavy atom. The fraction of sp³-hybridized carbons (Fsp3) is 0.464. The third-order valence-electron chi connectivity index (χ3n) is 7.57. The standard InChI is InChI=1S/C28H34N2O5/c1-18(2)19(14-25(31)30-13-12-28(3,17-30)26(32)33)15-29-27(34)35-16-24-22-10-6-4-8-20(22)21-9-5-7-11-23(21)24/h4-11,18-19,24H,12-17H2,1-3H3,(H,29,34)(H,32,33). The van der Waals surface area contributed by atoms with Crippen molar-refractivity contribution in [3.63, 3.8) is 0 Å². The first kappa shape index (κ1) is 24.8. The zero-order valence-corrected chi connectivity index (χ0v) is 20.6. The highest BCUT2D eigenvalue weighted by Gasteiger charge is 2.42. The molecule has 0 spiro atoms. The van der Waals surface area contributed by atoms with Crippen LogP contribution in [0.5, 0.6) is 0 Å². The van der Waals surface area contributed by atoms with E-state index in [-0.39, 0.29) is 43.2 Å². The Labute approximate surface area is 206 Å². The van der Waals surface area contributed by atoms with Crippen LogP contribution in [0.25, 0.3) is 11.1 Å². The van der Waals surface area contributed by atoms with E-state index < -0.39 is 17.5 Å². The van der Waals surface area contributed by atoms with Crippen LogP contribution in [0.3, 0.4) is 0 Å². The molecule has 2 amide bonds. The molecule has 2 aromatic rings. The molecule has 1 aliphatic heterocycles. The number of nitrogens with zero attached hydrogens (tertiary/aromatic N) is 1. The second kappa shape index (κ2) is 10.1. The van der Waals surface area contributed by atoms with Crippen LogP contribution in [0.15, 0.2) is 48.5 Å². The summed E-state index contributed by atoms with van der Waals surface area (Å²) >= 11 is 0. The van der Waals surface area contributed by atoms with Crippen molar-refractivity contribution in [1.82, 2.24) is 10.2 Å². The lowest BCUT2D eigenvalue weighted by atomic mass is 9.90. The van der Waals surface area contributed by atoms with Gasteiger partial charge in [-0.15, -0.1) is 0 Å². The second-order valence-corrected chi connectivity index (χ2v) is 10.3. The number of ether oxygens (including phenoxy) is 1. The first-order chi connectivity index (χ1) is 16.7. The quantitative estimate of drug-likeness (QED) is 0.582. The fourth-order valence-electron chi connectivity index (χ4n) is 5.11. The van der Waals surface area contributed by atoms with Gasteiger partial charge in [-0.3, -0.25) is 9.59 Å². The monoisotopic (exact) mass is 478 g/mol. The number of rotatable bonds is 8. The largest absolute Gasteiger partial charge is 0.481 e. The molecule has 7 nitrogen and oxygen atoms in total. The lowest BCUT2D eigenvalue weighted by molar-refractivity contribution is -0.147. The van der Waals surface area contributed by atoms with Crippen LogP contribution in [0, 0.1) is 17.3 Å². The van der Waals surface area contributed by atoms with E-state index >= 15 is 0 Å². The average molecular weight is 479 g/mol. The van der Waals surface area contributed by atoms with Gasteiger partial charge in [0.05, 0.1) is 5.41 Å². The Morgan fingerprint density at radius 3 is 2.23 bits per heavy atom. The van der Waals surface area contributed by atoms with Gasteiger partial charge in [0, 0.05) is 32.0 Å². The molecule has 1 fully saturated rings. The minimum Gasteiger partial charge on any atom is -0.481 e. The molecule has 1 saturated heterocycles. The van der Waals surface area contributed by atoms with Gasteiger partial charge in [0.25, 0.3) is 0 Å². The molecule has 1 heterocycles. The van der Waals surface area contributed by atoms with E-state index in [1.807, 2.05) is 38.1 Å². The number of likely N-dealkylation sites (tertiary alicyclic amines) is 1. The molecule has 2 aromatic carbocycles. The van der Waals surface area contributed by atoms with Gasteiger partial charge in [0.15, 0.2) is 0 Å². The molecule has 1 aliphatic carbocycles. The lowest BCUT2D eigenvalue weighted by Crippen LogP contribution is -2.38. The van der Waals surface area contributed by atoms with Crippen LogP contribution in [-0.2, 0) is 14.3 Å². The van der Waals surface area contributed by atoms with Crippen molar-refractivity contribution in [2.45, 2.75) is 39.5 Å². The number of fused-ring (bicyclic) bond motifs is 3. The molecular weight excluding hydrogens is 444 g/mol. The number of nitrogens with one attached hydrogen (secondary N) is 1. The summed E-state index contributed by atoms with van der Waals surface area (Å²) in [5.41, 5.74) is 3.78. The van der Waals surface area contributed by atoms with Crippen LogP contribution >= 0.6 is 0 Å². The molecule has 186 valence electrons. The molecule has 7 heteroatoms. The molecule has 2 unspecified atom stereocenters. The van der Waals surface area contributed by atoms with Gasteiger partial charge in [-0.2, -0.15) is 0 Å². The van der Waals surface area contributed by atoms with Crippen LogP contribution in [0.1, 0.15) is 50.7 Å². The number of amides is 2. The van der Waals surface area contributed by atoms with Crippen molar-refractivity contribution in [1.29, 1.82) is 0 Å². The van der Waals surface area contributed by atoms with Crippen molar-refractivity contribution < 1.29 is 24.2 Å². The van der Waals surface area contributed by atoms with Gasteiger partial charge in [0.2, 0.25) is 5.91 Å². The van der Waals surface area contributed by atoms with Crippen molar-refractivity contribution in [2.24, 2.45) is 17.3 Å². The highest BCUT2D eigenvalue weighted by molar-refractivity contribution is 5.81. The molecule has 0 aromatic heterocycles. The Kier molecular flexibility index (Phi) is 7.15. The van der Waals surface area contributed by atoms with Gasteiger partial charge in [-0.1, -0.05) is 62.4 Å². The van der Waals surface area contributed by atoms with Crippen molar-refractivity contribution in [3.05, 3.63) is 59.7 Å². The van der Waals surface area contributed by atoms with Crippen molar-refractivity contribution in [2.75, 3.05) is 26.2 Å². The molecule has 0 saturated carbocycles. The van der Waals surface area contributed by atoms with Crippen LogP contribution < -0.4 is 5.32 Å². The smallest absolute Gasteiger partial charge is 0.407 e. The van der Waals surface area contributed by atoms with E-state index in [1.54, 1.807) is 11.8 Å². The number of benzene rings is 2. The first-order valence-corrected chi connectivity index (χ1v) is 12.3. The number of aliphatic carboxylic acids is 1. The molecule has 4 rings (SSSR count). The maximum Gasteiger partial charge on any atom is 0.407 e. The van der Waals surface area contributed by atoms with E-state index in [0.717, 1.165) is 11.1 Å². The van der Waals surface area contributed by atoms with Crippen molar-refractivity contribution in [3.8, 4) is 11.1 Å². The predicted molar refractivity (Wildman–Crippen MR) is 133 cm³/mol. The second-order valence-electron chi connectivity index (χ2n) is 10.3. The predicted octanol–water partition coefficient (Wildman–Crippen LogP) is 4.51. The van der Waals surface area contributed by atoms with E-state index in [9.17, 15) is 19.5 Å². The maximum absolute atomic E-state index is 12.8. The Balaban J connectivity index is 1.30. The zero-order chi connectivity index (χ0) is 25.2. The molecule has 0 radical (unpaired) electrons. The summed E-state index contributed by atoms with van der Waals surface area (Å²) in [6.07, 6.45) is 0.222. The molecule has 0 bridgehead atoms. The number of hydrogen-bond acceptors (Lipinski definition) is 4. The van der Waals surface area contributed by atoms with Gasteiger partial charge in [-0.25, -0.2) is 4.79 Å². The summed E-state index contributed by atoms with van der Waals surface area (Å²) in [6, 6.07) is 16.4. The number of carbonyl (C=O) groups excluding carboxylic acids is 2. The highest BCUT2D eigenvalue weighted by atomic mass is 16.5. The minimum absolute atomic E-state index is 0.00524. The SMILES string of the molecule is CC(C)C(CNC(=O)OCC1c2ccccc2-c2ccccc21)CC(=O)N1CCC(C)(C(=O)O)C1. The molecule has 35 heavy (non-hydrogen) atoms. The van der Waals surface area contributed by atoms with Crippen LogP contribution in [0.4, 0.5) is 4.79 Å². The van der Waals surface area contributed by atoms with E-state index in [4.69, 9.17) is 4.74 Å². The van der Waals surface area contributed by atoms with E-state index in [2.05, 4.69) is 29.6 Å². The van der Waals surface area contributed by atoms with Gasteiger partial charge in [0.1, 0.15) is 6.61 Å². The minimum atomic E-state index is -0.886. The summed E-state index contributed by atoms with van der Waals surface area (Å²) in [5, 5.41) is 12.3. The molecule has 2 N–H and O–H groups in total. The zero-order valence-electron chi connectivity index (χ0n) is 20.6. The summed E-state index contributed by atoms with van der Waals surface area (Å²) in [6.45, 7) is 6.96. The van der Waals surface area contributed by atoms with E-state index in [1.165, 1.54) is 11.1 Å². The number of carboxylic acids is 1. The average Bonchev–Trinajstić information content (AvgIpc) is 3.40. The third-order valence-corrected chi connectivity index (χ3v) is 7.57. The number of alkyl carbamates (subject to hydrolysis) is 1. The van der Waals surface area contributed by atoms with Crippen LogP contribution in [-0.4, -0.2) is 54.2 Å². The van der Waals surface area contributed by atoms with Gasteiger partial charge >= 0.3 is 12.1 Å². The number of carbonyl (C=O) groups is 3. The van der Waals surface area contributed by atoms with Gasteiger partial charge in [-0.05, 0) is 47.4 Å². The fourth-order valence-corrected chi connectivity index (χ4v) is 5.11. The topological polar surface area (TPSA) is 95.9 Å². The number of hydrogen-bond donors (Lipinski definition) is 2. The number of carboxylic acid groups (broad SMARTS) is 1. The highest BCUT2D eigenvalue weighted by Crippen LogP contribution is 2.44. The third kappa shape index (κ3) is 5.19. The van der Waals surface area contributed by atoms with Gasteiger partial charge < -0.3 is 20.1 Å². The lowest BCUT2D eigenvalue weighted by Gasteiger charge is -2.25. The van der Waals surface area contributed by atoms with Crippen molar-refractivity contribution >= 4 is 18.0 Å². The Hall–Kier alpha value is -3.35. The molecule has 2 atom stereocenters. The van der Waals surface area contributed by atoms with Crippen LogP contribution in [0.2, 0.25) is 0 Å². The maximum atomic E-state index is 12.8. The molecular formula is C28H34N2O5. The Morgan fingerprint density at radius 1 is 1.09 bits per heavy atom.